The van der Waals surface area contributed by atoms with E-state index in [9.17, 15) is 19.5 Å². The molecule has 6 nitrogen and oxygen atoms in total. The molecule has 0 atom stereocenters. The van der Waals surface area contributed by atoms with E-state index in [1.165, 1.54) is 22.3 Å². The lowest BCUT2D eigenvalue weighted by molar-refractivity contribution is -0.123. The summed E-state index contributed by atoms with van der Waals surface area (Å²) in [6, 6.07) is 15.8. The van der Waals surface area contributed by atoms with Gasteiger partial charge in [-0.1, -0.05) is 24.3 Å². The molecule has 3 aromatic rings. The van der Waals surface area contributed by atoms with E-state index in [1.54, 1.807) is 37.5 Å². The Kier molecular flexibility index (Phi) is 5.92. The van der Waals surface area contributed by atoms with Crippen LogP contribution in [0.15, 0.2) is 64.9 Å². The molecule has 4 rings (SSSR count). The number of nitrogens with zero attached hydrogens (tertiary/aromatic N) is 1. The first-order valence-electron chi connectivity index (χ1n) is 9.25. The molecule has 156 valence electrons. The Labute approximate surface area is 186 Å². The highest BCUT2D eigenvalue weighted by Gasteiger charge is 2.35. The third-order valence-corrected chi connectivity index (χ3v) is 6.50. The molecule has 1 fully saturated rings. The summed E-state index contributed by atoms with van der Waals surface area (Å²) in [5.41, 5.74) is 2.69. The largest absolute Gasteiger partial charge is 0.497 e. The van der Waals surface area contributed by atoms with Crippen LogP contribution in [0.25, 0.3) is 17.2 Å². The number of carbonyl (C=O) groups is 3. The molecule has 31 heavy (non-hydrogen) atoms. The Hall–Kier alpha value is -3.36. The number of aromatic carboxylic acids is 1. The molecule has 1 aromatic heterocycles. The maximum atomic E-state index is 12.8. The number of hydrogen-bond donors (Lipinski definition) is 1. The average molecular weight is 452 g/mol. The number of benzene rings is 2. The van der Waals surface area contributed by atoms with Crippen molar-refractivity contribution in [3.05, 3.63) is 80.9 Å². The van der Waals surface area contributed by atoms with Crippen molar-refractivity contribution < 1.29 is 24.2 Å². The summed E-state index contributed by atoms with van der Waals surface area (Å²) in [7, 11) is 1.58. The molecule has 0 saturated carbocycles. The molecule has 8 heteroatoms. The highest BCUT2D eigenvalue weighted by molar-refractivity contribution is 8.18. The standard InChI is InChI=1S/C23H17NO5S2/c1-29-18-7-5-14(6-8-18)12-24-21(25)20(31-23(24)28)11-19-10-17(13-30-19)15-3-2-4-16(9-15)22(26)27/h2-11,13H,12H2,1H3,(H,26,27)/b20-11-. The van der Waals surface area contributed by atoms with Gasteiger partial charge in [-0.25, -0.2) is 4.79 Å². The van der Waals surface area contributed by atoms with Crippen molar-refractivity contribution in [3.8, 4) is 16.9 Å². The van der Waals surface area contributed by atoms with Gasteiger partial charge in [0.1, 0.15) is 5.75 Å². The monoisotopic (exact) mass is 451 g/mol. The molecule has 0 aliphatic carbocycles. The van der Waals surface area contributed by atoms with Crippen LogP contribution in [0.4, 0.5) is 4.79 Å². The Morgan fingerprint density at radius 3 is 2.58 bits per heavy atom. The second-order valence-electron chi connectivity index (χ2n) is 6.74. The molecule has 0 spiro atoms. The van der Waals surface area contributed by atoms with Gasteiger partial charge in [-0.15, -0.1) is 11.3 Å². The lowest BCUT2D eigenvalue weighted by Crippen LogP contribution is -2.27. The van der Waals surface area contributed by atoms with E-state index in [0.29, 0.717) is 10.7 Å². The normalized spacial score (nSPS) is 15.0. The molecule has 0 radical (unpaired) electrons. The fourth-order valence-corrected chi connectivity index (χ4v) is 4.84. The van der Waals surface area contributed by atoms with Crippen molar-refractivity contribution in [3.63, 3.8) is 0 Å². The molecule has 1 aliphatic heterocycles. The quantitative estimate of drug-likeness (QED) is 0.508. The van der Waals surface area contributed by atoms with Gasteiger partial charge in [0.05, 0.1) is 24.1 Å². The summed E-state index contributed by atoms with van der Waals surface area (Å²) in [4.78, 5) is 38.8. The molecule has 0 unspecified atom stereocenters. The van der Waals surface area contributed by atoms with Gasteiger partial charge in [-0.05, 0) is 70.2 Å². The van der Waals surface area contributed by atoms with Crippen molar-refractivity contribution >= 4 is 46.3 Å². The topological polar surface area (TPSA) is 83.9 Å². The number of carboxylic acids is 1. The van der Waals surface area contributed by atoms with Gasteiger partial charge in [0, 0.05) is 4.88 Å². The van der Waals surface area contributed by atoms with Gasteiger partial charge < -0.3 is 9.84 Å². The van der Waals surface area contributed by atoms with Crippen molar-refractivity contribution in [2.24, 2.45) is 0 Å². The van der Waals surface area contributed by atoms with Crippen LogP contribution >= 0.6 is 23.1 Å². The van der Waals surface area contributed by atoms with Crippen LogP contribution in [0.3, 0.4) is 0 Å². The predicted molar refractivity (Wildman–Crippen MR) is 121 cm³/mol. The lowest BCUT2D eigenvalue weighted by Gasteiger charge is -2.12. The Bertz CT molecular complexity index is 1200. The van der Waals surface area contributed by atoms with Crippen LogP contribution in [0.2, 0.25) is 0 Å². The predicted octanol–water partition coefficient (Wildman–Crippen LogP) is 5.36. The SMILES string of the molecule is COc1ccc(CN2C(=O)S/C(=C\c3cc(-c4cccc(C(=O)O)c4)cs3)C2=O)cc1. The van der Waals surface area contributed by atoms with Crippen molar-refractivity contribution in [1.29, 1.82) is 0 Å². The highest BCUT2D eigenvalue weighted by Crippen LogP contribution is 2.35. The molecule has 2 aromatic carbocycles. The van der Waals surface area contributed by atoms with Gasteiger partial charge >= 0.3 is 5.97 Å². The van der Waals surface area contributed by atoms with Crippen LogP contribution in [0, 0.1) is 0 Å². The van der Waals surface area contributed by atoms with Crippen molar-refractivity contribution in [2.75, 3.05) is 7.11 Å². The van der Waals surface area contributed by atoms with E-state index in [0.717, 1.165) is 33.3 Å². The van der Waals surface area contributed by atoms with Crippen LogP contribution < -0.4 is 4.74 Å². The number of thioether (sulfide) groups is 1. The number of thiophene rings is 1. The van der Waals surface area contributed by atoms with E-state index in [-0.39, 0.29) is 23.3 Å². The number of hydrogen-bond acceptors (Lipinski definition) is 6. The number of carbonyl (C=O) groups excluding carboxylic acids is 2. The summed E-state index contributed by atoms with van der Waals surface area (Å²) >= 11 is 2.34. The molecule has 2 heterocycles. The molecule has 2 amide bonds. The molecular weight excluding hydrogens is 434 g/mol. The Balaban J connectivity index is 1.52. The van der Waals surface area contributed by atoms with E-state index in [4.69, 9.17) is 4.74 Å². The molecule has 1 aliphatic rings. The maximum absolute atomic E-state index is 12.8. The molecule has 0 bridgehead atoms. The van der Waals surface area contributed by atoms with Crippen LogP contribution in [-0.2, 0) is 11.3 Å². The minimum atomic E-state index is -0.983. The zero-order chi connectivity index (χ0) is 22.0. The van der Waals surface area contributed by atoms with E-state index < -0.39 is 5.97 Å². The van der Waals surface area contributed by atoms with Crippen LogP contribution in [-0.4, -0.2) is 34.2 Å². The second kappa shape index (κ2) is 8.79. The van der Waals surface area contributed by atoms with Gasteiger partial charge in [-0.2, -0.15) is 0 Å². The summed E-state index contributed by atoms with van der Waals surface area (Å²) in [6.45, 7) is 0.198. The molecule has 1 saturated heterocycles. The van der Waals surface area contributed by atoms with Crippen LogP contribution in [0.5, 0.6) is 5.75 Å². The first-order valence-corrected chi connectivity index (χ1v) is 10.9. The van der Waals surface area contributed by atoms with Crippen molar-refractivity contribution in [1.82, 2.24) is 4.90 Å². The van der Waals surface area contributed by atoms with Gasteiger partial charge in [0.25, 0.3) is 11.1 Å². The summed E-state index contributed by atoms with van der Waals surface area (Å²) in [5.74, 6) is -0.600. The van der Waals surface area contributed by atoms with Crippen molar-refractivity contribution in [2.45, 2.75) is 6.54 Å². The lowest BCUT2D eigenvalue weighted by atomic mass is 10.1. The summed E-state index contributed by atoms with van der Waals surface area (Å²) < 4.78 is 5.13. The maximum Gasteiger partial charge on any atom is 0.335 e. The Morgan fingerprint density at radius 1 is 1.10 bits per heavy atom. The Morgan fingerprint density at radius 2 is 1.87 bits per heavy atom. The minimum Gasteiger partial charge on any atom is -0.497 e. The third-order valence-electron chi connectivity index (χ3n) is 4.71. The highest BCUT2D eigenvalue weighted by atomic mass is 32.2. The van der Waals surface area contributed by atoms with Crippen LogP contribution in [0.1, 0.15) is 20.8 Å². The number of rotatable bonds is 6. The number of ether oxygens (including phenoxy) is 1. The number of amides is 2. The number of methoxy groups -OCH3 is 1. The first kappa shape index (κ1) is 20.9. The van der Waals surface area contributed by atoms with E-state index in [2.05, 4.69) is 0 Å². The van der Waals surface area contributed by atoms with Gasteiger partial charge in [-0.3, -0.25) is 14.5 Å². The minimum absolute atomic E-state index is 0.198. The molecular formula is C23H17NO5S2. The zero-order valence-electron chi connectivity index (χ0n) is 16.4. The van der Waals surface area contributed by atoms with E-state index in [1.807, 2.05) is 29.6 Å². The third kappa shape index (κ3) is 4.55. The van der Waals surface area contributed by atoms with Gasteiger partial charge in [0.15, 0.2) is 0 Å². The zero-order valence-corrected chi connectivity index (χ0v) is 18.0. The fraction of sp³-hybridized carbons (Fsp3) is 0.0870. The average Bonchev–Trinajstić information content (AvgIpc) is 3.35. The summed E-state index contributed by atoms with van der Waals surface area (Å²) in [5, 5.41) is 10.8. The first-order chi connectivity index (χ1) is 14.9. The number of carboxylic acid groups (broad SMARTS) is 1. The summed E-state index contributed by atoms with van der Waals surface area (Å²) in [6.07, 6.45) is 1.70. The van der Waals surface area contributed by atoms with E-state index >= 15 is 0 Å². The fourth-order valence-electron chi connectivity index (χ4n) is 3.09. The number of imide groups is 1. The van der Waals surface area contributed by atoms with Gasteiger partial charge in [0.2, 0.25) is 0 Å². The smallest absolute Gasteiger partial charge is 0.335 e. The molecule has 1 N–H and O–H groups in total. The second-order valence-corrected chi connectivity index (χ2v) is 8.68.